The molecule has 0 aromatic heterocycles. The first-order valence-electron chi connectivity index (χ1n) is 6.44. The summed E-state index contributed by atoms with van der Waals surface area (Å²) in [5.41, 5.74) is 3.45. The molecule has 0 spiro atoms. The molecule has 0 unspecified atom stereocenters. The molecule has 0 radical (unpaired) electrons. The van der Waals surface area contributed by atoms with Gasteiger partial charge in [0.2, 0.25) is 0 Å². The van der Waals surface area contributed by atoms with Crippen molar-refractivity contribution in [1.29, 1.82) is 0 Å². The van der Waals surface area contributed by atoms with Crippen LogP contribution in [0.25, 0.3) is 0 Å². The van der Waals surface area contributed by atoms with Gasteiger partial charge in [0.1, 0.15) is 0 Å². The van der Waals surface area contributed by atoms with Gasteiger partial charge >= 0.3 is 0 Å². The molecule has 104 valence electrons. The lowest BCUT2D eigenvalue weighted by Crippen LogP contribution is -2.30. The number of rotatable bonds is 3. The van der Waals surface area contributed by atoms with Crippen molar-refractivity contribution in [2.45, 2.75) is 19.9 Å². The molecule has 0 aliphatic heterocycles. The van der Waals surface area contributed by atoms with Gasteiger partial charge in [-0.05, 0) is 55.9 Å². The summed E-state index contributed by atoms with van der Waals surface area (Å²) >= 11 is 8.75. The second-order valence-electron chi connectivity index (χ2n) is 4.74. The van der Waals surface area contributed by atoms with Gasteiger partial charge in [0.05, 0.1) is 6.04 Å². The SMILES string of the molecule is Cc1ccc([C@@H](C)NC(=S)Nc2ccc(Br)cc2)cc1. The van der Waals surface area contributed by atoms with Crippen molar-refractivity contribution in [3.63, 3.8) is 0 Å². The third-order valence-electron chi connectivity index (χ3n) is 3.03. The molecule has 0 fully saturated rings. The van der Waals surface area contributed by atoms with Crippen molar-refractivity contribution >= 4 is 38.9 Å². The van der Waals surface area contributed by atoms with Crippen molar-refractivity contribution in [3.8, 4) is 0 Å². The van der Waals surface area contributed by atoms with Crippen LogP contribution in [-0.2, 0) is 0 Å². The van der Waals surface area contributed by atoms with Crippen LogP contribution in [0.15, 0.2) is 53.0 Å². The van der Waals surface area contributed by atoms with E-state index >= 15 is 0 Å². The number of benzene rings is 2. The molecule has 20 heavy (non-hydrogen) atoms. The van der Waals surface area contributed by atoms with E-state index in [-0.39, 0.29) is 6.04 Å². The van der Waals surface area contributed by atoms with E-state index in [1.807, 2.05) is 24.3 Å². The Morgan fingerprint density at radius 2 is 1.65 bits per heavy atom. The molecule has 2 aromatic rings. The molecule has 0 amide bonds. The molecular weight excluding hydrogens is 332 g/mol. The molecule has 2 aromatic carbocycles. The molecule has 0 aliphatic rings. The highest BCUT2D eigenvalue weighted by molar-refractivity contribution is 9.10. The first kappa shape index (κ1) is 15.0. The standard InChI is InChI=1S/C16H17BrN2S/c1-11-3-5-13(6-4-11)12(2)18-16(20)19-15-9-7-14(17)8-10-15/h3-10,12H,1-2H3,(H2,18,19,20)/t12-/m1/s1. The second-order valence-corrected chi connectivity index (χ2v) is 6.06. The summed E-state index contributed by atoms with van der Waals surface area (Å²) in [6.07, 6.45) is 0. The monoisotopic (exact) mass is 348 g/mol. The van der Waals surface area contributed by atoms with E-state index in [0.717, 1.165) is 10.2 Å². The van der Waals surface area contributed by atoms with Gasteiger partial charge < -0.3 is 10.6 Å². The Morgan fingerprint density at radius 3 is 2.25 bits per heavy atom. The van der Waals surface area contributed by atoms with Crippen molar-refractivity contribution in [1.82, 2.24) is 5.32 Å². The lowest BCUT2D eigenvalue weighted by atomic mass is 10.1. The van der Waals surface area contributed by atoms with E-state index in [1.165, 1.54) is 11.1 Å². The highest BCUT2D eigenvalue weighted by atomic mass is 79.9. The molecule has 2 nitrogen and oxygen atoms in total. The number of nitrogens with one attached hydrogen (secondary N) is 2. The quantitative estimate of drug-likeness (QED) is 0.778. The summed E-state index contributed by atoms with van der Waals surface area (Å²) in [5.74, 6) is 0. The highest BCUT2D eigenvalue weighted by Crippen LogP contribution is 2.16. The van der Waals surface area contributed by atoms with Gasteiger partial charge in [-0.2, -0.15) is 0 Å². The van der Waals surface area contributed by atoms with Gasteiger partial charge in [0, 0.05) is 10.2 Å². The van der Waals surface area contributed by atoms with Crippen molar-refractivity contribution < 1.29 is 0 Å². The first-order chi connectivity index (χ1) is 9.54. The van der Waals surface area contributed by atoms with Crippen LogP contribution >= 0.6 is 28.1 Å². The van der Waals surface area contributed by atoms with E-state index in [9.17, 15) is 0 Å². The van der Waals surface area contributed by atoms with Gasteiger partial charge in [0.15, 0.2) is 5.11 Å². The zero-order chi connectivity index (χ0) is 14.5. The Balaban J connectivity index is 1.93. The fourth-order valence-electron chi connectivity index (χ4n) is 1.84. The summed E-state index contributed by atoms with van der Waals surface area (Å²) in [6, 6.07) is 16.6. The van der Waals surface area contributed by atoms with Gasteiger partial charge in [-0.1, -0.05) is 45.8 Å². The Kier molecular flexibility index (Phi) is 5.15. The Labute approximate surface area is 133 Å². The molecule has 0 bridgehead atoms. The minimum absolute atomic E-state index is 0.172. The van der Waals surface area contributed by atoms with Crippen LogP contribution in [0.1, 0.15) is 24.1 Å². The van der Waals surface area contributed by atoms with Crippen LogP contribution in [0.2, 0.25) is 0 Å². The number of anilines is 1. The highest BCUT2D eigenvalue weighted by Gasteiger charge is 2.06. The minimum atomic E-state index is 0.172. The average Bonchev–Trinajstić information content (AvgIpc) is 2.42. The third-order valence-corrected chi connectivity index (χ3v) is 3.78. The molecular formula is C16H17BrN2S. The van der Waals surface area contributed by atoms with Crippen LogP contribution < -0.4 is 10.6 Å². The molecule has 0 heterocycles. The van der Waals surface area contributed by atoms with E-state index in [1.54, 1.807) is 0 Å². The van der Waals surface area contributed by atoms with Crippen LogP contribution in [0.3, 0.4) is 0 Å². The summed E-state index contributed by atoms with van der Waals surface area (Å²) in [6.45, 7) is 4.18. The van der Waals surface area contributed by atoms with Gasteiger partial charge in [-0.3, -0.25) is 0 Å². The van der Waals surface area contributed by atoms with Crippen LogP contribution in [0, 0.1) is 6.92 Å². The van der Waals surface area contributed by atoms with Crippen molar-refractivity contribution in [3.05, 3.63) is 64.1 Å². The largest absolute Gasteiger partial charge is 0.356 e. The third kappa shape index (κ3) is 4.32. The van der Waals surface area contributed by atoms with Crippen LogP contribution in [-0.4, -0.2) is 5.11 Å². The van der Waals surface area contributed by atoms with E-state index in [2.05, 4.69) is 64.7 Å². The summed E-state index contributed by atoms with van der Waals surface area (Å²) < 4.78 is 1.05. The molecule has 0 aliphatic carbocycles. The van der Waals surface area contributed by atoms with Gasteiger partial charge in [-0.25, -0.2) is 0 Å². The van der Waals surface area contributed by atoms with Gasteiger partial charge in [0.25, 0.3) is 0 Å². The van der Waals surface area contributed by atoms with Crippen molar-refractivity contribution in [2.24, 2.45) is 0 Å². The maximum Gasteiger partial charge on any atom is 0.171 e. The molecule has 0 saturated carbocycles. The maximum atomic E-state index is 5.34. The number of thiocarbonyl (C=S) groups is 1. The zero-order valence-electron chi connectivity index (χ0n) is 11.5. The normalized spacial score (nSPS) is 11.8. The second kappa shape index (κ2) is 6.86. The number of hydrogen-bond acceptors (Lipinski definition) is 1. The maximum absolute atomic E-state index is 5.34. The van der Waals surface area contributed by atoms with Crippen LogP contribution in [0.5, 0.6) is 0 Å². The van der Waals surface area contributed by atoms with E-state index < -0.39 is 0 Å². The predicted octanol–water partition coefficient (Wildman–Crippen LogP) is 4.81. The number of halogens is 1. The summed E-state index contributed by atoms with van der Waals surface area (Å²) in [4.78, 5) is 0. The Hall–Kier alpha value is -1.39. The van der Waals surface area contributed by atoms with E-state index in [4.69, 9.17) is 12.2 Å². The molecule has 1 atom stereocenters. The van der Waals surface area contributed by atoms with Crippen molar-refractivity contribution in [2.75, 3.05) is 5.32 Å². The fourth-order valence-corrected chi connectivity index (χ4v) is 2.39. The summed E-state index contributed by atoms with van der Waals surface area (Å²) in [5, 5.41) is 7.09. The first-order valence-corrected chi connectivity index (χ1v) is 7.64. The molecule has 0 saturated heterocycles. The minimum Gasteiger partial charge on any atom is -0.356 e. The van der Waals surface area contributed by atoms with Gasteiger partial charge in [-0.15, -0.1) is 0 Å². The average molecular weight is 349 g/mol. The lowest BCUT2D eigenvalue weighted by molar-refractivity contribution is 0.722. The molecule has 4 heteroatoms. The predicted molar refractivity (Wildman–Crippen MR) is 93.1 cm³/mol. The summed E-state index contributed by atoms with van der Waals surface area (Å²) in [7, 11) is 0. The number of aryl methyl sites for hydroxylation is 1. The Morgan fingerprint density at radius 1 is 1.05 bits per heavy atom. The van der Waals surface area contributed by atoms with E-state index in [0.29, 0.717) is 5.11 Å². The Bertz CT molecular complexity index is 578. The fraction of sp³-hybridized carbons (Fsp3) is 0.188. The molecule has 2 N–H and O–H groups in total. The zero-order valence-corrected chi connectivity index (χ0v) is 13.9. The smallest absolute Gasteiger partial charge is 0.171 e. The number of hydrogen-bond donors (Lipinski definition) is 2. The molecule has 2 rings (SSSR count). The van der Waals surface area contributed by atoms with Crippen LogP contribution in [0.4, 0.5) is 5.69 Å². The topological polar surface area (TPSA) is 24.1 Å². The lowest BCUT2D eigenvalue weighted by Gasteiger charge is -2.17.